The summed E-state index contributed by atoms with van der Waals surface area (Å²) in [5.41, 5.74) is 8.26. The lowest BCUT2D eigenvalue weighted by Gasteiger charge is -2.40. The fourth-order valence-corrected chi connectivity index (χ4v) is 3.49. The summed E-state index contributed by atoms with van der Waals surface area (Å²) in [6.07, 6.45) is 5.78. The van der Waals surface area contributed by atoms with Gasteiger partial charge < -0.3 is 11.1 Å². The van der Waals surface area contributed by atoms with Gasteiger partial charge in [0.2, 0.25) is 5.91 Å². The molecule has 0 radical (unpaired) electrons. The first-order chi connectivity index (χ1) is 10.0. The number of rotatable bonds is 5. The summed E-state index contributed by atoms with van der Waals surface area (Å²) in [6, 6.07) is 8.36. The van der Waals surface area contributed by atoms with E-state index >= 15 is 0 Å². The van der Waals surface area contributed by atoms with Crippen LogP contribution in [0.2, 0.25) is 0 Å². The second-order valence-corrected chi connectivity index (χ2v) is 6.72. The number of nitrogens with one attached hydrogen (secondary N) is 1. The number of benzene rings is 1. The van der Waals surface area contributed by atoms with Crippen LogP contribution in [0.25, 0.3) is 0 Å². The lowest BCUT2D eigenvalue weighted by Crippen LogP contribution is -2.56. The molecule has 0 heterocycles. The first-order valence-corrected chi connectivity index (χ1v) is 8.10. The molecule has 1 aliphatic rings. The topological polar surface area (TPSA) is 55.1 Å². The van der Waals surface area contributed by atoms with E-state index in [1.54, 1.807) is 0 Å². The summed E-state index contributed by atoms with van der Waals surface area (Å²) in [5.74, 6) is 0.787. The molecule has 0 saturated heterocycles. The number of nitrogens with two attached hydrogens (primary N) is 1. The smallest absolute Gasteiger partial charge is 0.220 e. The Hall–Kier alpha value is -1.35. The highest BCUT2D eigenvalue weighted by molar-refractivity contribution is 5.77. The maximum absolute atomic E-state index is 12.3. The average Bonchev–Trinajstić information content (AvgIpc) is 2.45. The summed E-state index contributed by atoms with van der Waals surface area (Å²) in [6.45, 7) is 4.88. The fraction of sp³-hybridized carbons (Fsp3) is 0.611. The van der Waals surface area contributed by atoms with E-state index in [-0.39, 0.29) is 11.4 Å². The predicted molar refractivity (Wildman–Crippen MR) is 87.1 cm³/mol. The SMILES string of the molecule is Cc1cccc(CCC(=O)NC2(CN)CCCC(C)C2)c1. The normalized spacial score (nSPS) is 25.6. The first-order valence-electron chi connectivity index (χ1n) is 8.10. The Morgan fingerprint density at radius 1 is 1.48 bits per heavy atom. The summed E-state index contributed by atoms with van der Waals surface area (Å²) >= 11 is 0. The van der Waals surface area contributed by atoms with Crippen LogP contribution in [0.4, 0.5) is 0 Å². The largest absolute Gasteiger partial charge is 0.349 e. The third kappa shape index (κ3) is 4.57. The molecule has 3 nitrogen and oxygen atoms in total. The van der Waals surface area contributed by atoms with Crippen molar-refractivity contribution in [3.05, 3.63) is 35.4 Å². The van der Waals surface area contributed by atoms with Crippen LogP contribution in [0.3, 0.4) is 0 Å². The molecule has 0 spiro atoms. The van der Waals surface area contributed by atoms with Crippen LogP contribution in [0.5, 0.6) is 0 Å². The minimum absolute atomic E-state index is 0.135. The maximum atomic E-state index is 12.3. The van der Waals surface area contributed by atoms with E-state index in [2.05, 4.69) is 37.4 Å². The molecule has 3 N–H and O–H groups in total. The van der Waals surface area contributed by atoms with E-state index in [0.717, 1.165) is 25.7 Å². The van der Waals surface area contributed by atoms with Crippen LogP contribution in [-0.2, 0) is 11.2 Å². The number of hydrogen-bond donors (Lipinski definition) is 2. The first kappa shape index (κ1) is 16.0. The van der Waals surface area contributed by atoms with Crippen molar-refractivity contribution in [2.75, 3.05) is 6.54 Å². The standard InChI is InChI=1S/C18H28N2O/c1-14-5-3-7-16(11-14)8-9-17(21)20-18(13-19)10-4-6-15(2)12-18/h3,5,7,11,15H,4,6,8-10,12-13,19H2,1-2H3,(H,20,21). The number of carbonyl (C=O) groups is 1. The van der Waals surface area contributed by atoms with E-state index < -0.39 is 0 Å². The average molecular weight is 288 g/mol. The fourth-order valence-electron chi connectivity index (χ4n) is 3.49. The molecule has 1 saturated carbocycles. The van der Waals surface area contributed by atoms with Crippen molar-refractivity contribution in [2.24, 2.45) is 11.7 Å². The van der Waals surface area contributed by atoms with Crippen molar-refractivity contribution in [1.82, 2.24) is 5.32 Å². The van der Waals surface area contributed by atoms with Crippen LogP contribution in [-0.4, -0.2) is 18.0 Å². The highest BCUT2D eigenvalue weighted by Gasteiger charge is 2.34. The highest BCUT2D eigenvalue weighted by Crippen LogP contribution is 2.31. The molecule has 0 bridgehead atoms. The summed E-state index contributed by atoms with van der Waals surface area (Å²) < 4.78 is 0. The van der Waals surface area contributed by atoms with Gasteiger partial charge in [-0.15, -0.1) is 0 Å². The second kappa shape index (κ2) is 7.08. The zero-order valence-corrected chi connectivity index (χ0v) is 13.3. The van der Waals surface area contributed by atoms with E-state index in [9.17, 15) is 4.79 Å². The van der Waals surface area contributed by atoms with Gasteiger partial charge >= 0.3 is 0 Å². The Bertz CT molecular complexity index is 486. The van der Waals surface area contributed by atoms with Crippen molar-refractivity contribution in [1.29, 1.82) is 0 Å². The Kier molecular flexibility index (Phi) is 5.40. The minimum Gasteiger partial charge on any atom is -0.349 e. The van der Waals surface area contributed by atoms with Gasteiger partial charge in [-0.2, -0.15) is 0 Å². The quantitative estimate of drug-likeness (QED) is 0.875. The number of hydrogen-bond acceptors (Lipinski definition) is 2. The van der Waals surface area contributed by atoms with E-state index in [1.165, 1.54) is 17.5 Å². The minimum atomic E-state index is -0.165. The zero-order chi connectivity index (χ0) is 15.3. The Morgan fingerprint density at radius 3 is 2.95 bits per heavy atom. The van der Waals surface area contributed by atoms with Gasteiger partial charge in [0.1, 0.15) is 0 Å². The van der Waals surface area contributed by atoms with Crippen molar-refractivity contribution in [3.8, 4) is 0 Å². The number of amides is 1. The van der Waals surface area contributed by atoms with E-state index in [0.29, 0.717) is 18.9 Å². The van der Waals surface area contributed by atoms with Crippen molar-refractivity contribution >= 4 is 5.91 Å². The maximum Gasteiger partial charge on any atom is 0.220 e. The molecule has 0 aliphatic heterocycles. The molecule has 3 heteroatoms. The van der Waals surface area contributed by atoms with Gasteiger partial charge in [0, 0.05) is 13.0 Å². The van der Waals surface area contributed by atoms with Crippen molar-refractivity contribution in [3.63, 3.8) is 0 Å². The second-order valence-electron chi connectivity index (χ2n) is 6.72. The van der Waals surface area contributed by atoms with Crippen LogP contribution in [0, 0.1) is 12.8 Å². The van der Waals surface area contributed by atoms with Gasteiger partial charge in [-0.3, -0.25) is 4.79 Å². The van der Waals surface area contributed by atoms with Crippen LogP contribution < -0.4 is 11.1 Å². The van der Waals surface area contributed by atoms with Crippen molar-refractivity contribution < 1.29 is 4.79 Å². The monoisotopic (exact) mass is 288 g/mol. The molecule has 1 amide bonds. The Labute approximate surface area is 128 Å². The molecular weight excluding hydrogens is 260 g/mol. The summed E-state index contributed by atoms with van der Waals surface area (Å²) in [4.78, 5) is 12.3. The van der Waals surface area contributed by atoms with Gasteiger partial charge in [0.15, 0.2) is 0 Å². The lowest BCUT2D eigenvalue weighted by atomic mass is 9.76. The third-order valence-corrected chi connectivity index (χ3v) is 4.61. The molecule has 116 valence electrons. The third-order valence-electron chi connectivity index (χ3n) is 4.61. The van der Waals surface area contributed by atoms with Crippen LogP contribution >= 0.6 is 0 Å². The van der Waals surface area contributed by atoms with Gasteiger partial charge in [-0.1, -0.05) is 49.6 Å². The van der Waals surface area contributed by atoms with Crippen molar-refractivity contribution in [2.45, 2.75) is 57.9 Å². The molecule has 1 aromatic rings. The molecule has 2 rings (SSSR count). The van der Waals surface area contributed by atoms with Gasteiger partial charge in [0.25, 0.3) is 0 Å². The molecule has 1 fully saturated rings. The molecule has 1 aromatic carbocycles. The highest BCUT2D eigenvalue weighted by atomic mass is 16.1. The molecule has 21 heavy (non-hydrogen) atoms. The summed E-state index contributed by atoms with van der Waals surface area (Å²) in [7, 11) is 0. The Morgan fingerprint density at radius 2 is 2.29 bits per heavy atom. The molecule has 2 unspecified atom stereocenters. The van der Waals surface area contributed by atoms with Gasteiger partial charge in [0.05, 0.1) is 5.54 Å². The molecular formula is C18H28N2O. The molecule has 0 aromatic heterocycles. The van der Waals surface area contributed by atoms with Crippen LogP contribution in [0.1, 0.15) is 50.2 Å². The molecule has 2 atom stereocenters. The zero-order valence-electron chi connectivity index (χ0n) is 13.3. The van der Waals surface area contributed by atoms with Crippen LogP contribution in [0.15, 0.2) is 24.3 Å². The molecule has 1 aliphatic carbocycles. The number of carbonyl (C=O) groups excluding carboxylic acids is 1. The number of aryl methyl sites for hydroxylation is 2. The van der Waals surface area contributed by atoms with Gasteiger partial charge in [-0.25, -0.2) is 0 Å². The summed E-state index contributed by atoms with van der Waals surface area (Å²) in [5, 5.41) is 3.23. The van der Waals surface area contributed by atoms with E-state index in [1.807, 2.05) is 6.07 Å². The lowest BCUT2D eigenvalue weighted by molar-refractivity contribution is -0.123. The Balaban J connectivity index is 1.88. The van der Waals surface area contributed by atoms with E-state index in [4.69, 9.17) is 5.73 Å². The van der Waals surface area contributed by atoms with Gasteiger partial charge in [-0.05, 0) is 37.7 Å². The predicted octanol–water partition coefficient (Wildman–Crippen LogP) is 2.95.